The van der Waals surface area contributed by atoms with Crippen LogP contribution in [0.1, 0.15) is 46.0 Å². The van der Waals surface area contributed by atoms with Crippen molar-refractivity contribution in [2.45, 2.75) is 52.0 Å². The molecule has 2 aliphatic rings. The summed E-state index contributed by atoms with van der Waals surface area (Å²) in [5.74, 6) is 0.862. The number of hydrogen-bond donors (Lipinski definition) is 1. The van der Waals surface area contributed by atoms with Crippen molar-refractivity contribution in [2.75, 3.05) is 45.8 Å². The summed E-state index contributed by atoms with van der Waals surface area (Å²) in [6, 6.07) is 0.686. The minimum absolute atomic E-state index is 0.686. The quantitative estimate of drug-likeness (QED) is 0.763. The fourth-order valence-corrected chi connectivity index (χ4v) is 3.72. The molecule has 0 saturated carbocycles. The van der Waals surface area contributed by atoms with E-state index >= 15 is 0 Å². The first kappa shape index (κ1) is 15.3. The Kier molecular flexibility index (Phi) is 6.62. The number of hydrogen-bond acceptors (Lipinski definition) is 3. The molecule has 2 aliphatic heterocycles. The third-order valence-corrected chi connectivity index (χ3v) is 4.92. The number of rotatable bonds is 7. The Bertz CT molecular complexity index is 238. The second kappa shape index (κ2) is 8.23. The van der Waals surface area contributed by atoms with Crippen LogP contribution in [-0.4, -0.2) is 61.7 Å². The lowest BCUT2D eigenvalue weighted by Crippen LogP contribution is -2.45. The summed E-state index contributed by atoms with van der Waals surface area (Å²) in [4.78, 5) is 5.35. The van der Waals surface area contributed by atoms with Crippen molar-refractivity contribution in [1.82, 2.24) is 15.1 Å². The number of nitrogens with zero attached hydrogens (tertiary/aromatic N) is 2. The summed E-state index contributed by atoms with van der Waals surface area (Å²) in [5, 5.41) is 3.60. The first-order valence-corrected chi connectivity index (χ1v) is 8.47. The molecule has 0 aliphatic carbocycles. The second-order valence-corrected chi connectivity index (χ2v) is 6.45. The predicted molar refractivity (Wildman–Crippen MR) is 82.6 cm³/mol. The zero-order valence-electron chi connectivity index (χ0n) is 13.0. The smallest absolute Gasteiger partial charge is 0.00791 e. The van der Waals surface area contributed by atoms with E-state index in [1.165, 1.54) is 71.4 Å². The van der Waals surface area contributed by atoms with Crippen LogP contribution in [-0.2, 0) is 0 Å². The van der Waals surface area contributed by atoms with Gasteiger partial charge in [-0.15, -0.1) is 0 Å². The van der Waals surface area contributed by atoms with Crippen molar-refractivity contribution in [2.24, 2.45) is 5.92 Å². The molecule has 0 aromatic heterocycles. The highest BCUT2D eigenvalue weighted by Crippen LogP contribution is 2.20. The lowest BCUT2D eigenvalue weighted by atomic mass is 9.91. The van der Waals surface area contributed by atoms with E-state index in [-0.39, 0.29) is 0 Å². The van der Waals surface area contributed by atoms with Gasteiger partial charge < -0.3 is 15.1 Å². The van der Waals surface area contributed by atoms with E-state index in [0.29, 0.717) is 6.04 Å². The van der Waals surface area contributed by atoms with Gasteiger partial charge in [0.15, 0.2) is 0 Å². The van der Waals surface area contributed by atoms with Crippen molar-refractivity contribution in [3.05, 3.63) is 0 Å². The minimum atomic E-state index is 0.686. The maximum atomic E-state index is 3.60. The van der Waals surface area contributed by atoms with Gasteiger partial charge in [-0.3, -0.25) is 0 Å². The first-order chi connectivity index (χ1) is 9.29. The molecule has 3 heteroatoms. The highest BCUT2D eigenvalue weighted by atomic mass is 15.2. The van der Waals surface area contributed by atoms with Gasteiger partial charge in [0.25, 0.3) is 0 Å². The molecule has 3 nitrogen and oxygen atoms in total. The van der Waals surface area contributed by atoms with Crippen molar-refractivity contribution in [3.63, 3.8) is 0 Å². The molecule has 2 rings (SSSR count). The van der Waals surface area contributed by atoms with Gasteiger partial charge in [-0.05, 0) is 84.2 Å². The summed E-state index contributed by atoms with van der Waals surface area (Å²) in [5.41, 5.74) is 0. The van der Waals surface area contributed by atoms with Gasteiger partial charge in [0.1, 0.15) is 0 Å². The second-order valence-electron chi connectivity index (χ2n) is 6.45. The molecule has 1 N–H and O–H groups in total. The molecule has 2 heterocycles. The van der Waals surface area contributed by atoms with E-state index in [2.05, 4.69) is 29.0 Å². The molecule has 2 fully saturated rings. The molecular formula is C16H33N3. The minimum Gasteiger partial charge on any atom is -0.314 e. The highest BCUT2D eigenvalue weighted by molar-refractivity contribution is 4.80. The topological polar surface area (TPSA) is 18.5 Å². The molecule has 112 valence electrons. The third kappa shape index (κ3) is 5.05. The van der Waals surface area contributed by atoms with Crippen LogP contribution in [0.25, 0.3) is 0 Å². The lowest BCUT2D eigenvalue weighted by molar-refractivity contribution is 0.145. The maximum absolute atomic E-state index is 3.60. The van der Waals surface area contributed by atoms with Crippen molar-refractivity contribution < 1.29 is 0 Å². The number of likely N-dealkylation sites (tertiary alicyclic amines) is 2. The zero-order valence-corrected chi connectivity index (χ0v) is 13.0. The van der Waals surface area contributed by atoms with Crippen LogP contribution in [0.15, 0.2) is 0 Å². The van der Waals surface area contributed by atoms with Crippen molar-refractivity contribution >= 4 is 0 Å². The summed E-state index contributed by atoms with van der Waals surface area (Å²) in [6.45, 7) is 13.7. The number of piperidine rings is 1. The van der Waals surface area contributed by atoms with Gasteiger partial charge in [0.2, 0.25) is 0 Å². The Balaban J connectivity index is 1.62. The SMILES string of the molecule is CCNC(C)C1CCCN(CCCN2CCCC2)C1. The molecule has 0 aromatic carbocycles. The van der Waals surface area contributed by atoms with Crippen LogP contribution >= 0.6 is 0 Å². The zero-order chi connectivity index (χ0) is 13.5. The summed E-state index contributed by atoms with van der Waals surface area (Å²) < 4.78 is 0. The van der Waals surface area contributed by atoms with Crippen LogP contribution in [0.4, 0.5) is 0 Å². The fourth-order valence-electron chi connectivity index (χ4n) is 3.72. The molecular weight excluding hydrogens is 234 g/mol. The fraction of sp³-hybridized carbons (Fsp3) is 1.00. The lowest BCUT2D eigenvalue weighted by Gasteiger charge is -2.36. The van der Waals surface area contributed by atoms with Gasteiger partial charge in [-0.1, -0.05) is 6.92 Å². The van der Waals surface area contributed by atoms with Gasteiger partial charge in [0, 0.05) is 12.6 Å². The summed E-state index contributed by atoms with van der Waals surface area (Å²) in [7, 11) is 0. The first-order valence-electron chi connectivity index (χ1n) is 8.47. The van der Waals surface area contributed by atoms with Crippen LogP contribution in [0, 0.1) is 5.92 Å². The van der Waals surface area contributed by atoms with Gasteiger partial charge in [-0.25, -0.2) is 0 Å². The van der Waals surface area contributed by atoms with E-state index in [4.69, 9.17) is 0 Å². The summed E-state index contributed by atoms with van der Waals surface area (Å²) in [6.07, 6.45) is 7.02. The van der Waals surface area contributed by atoms with Crippen molar-refractivity contribution in [3.8, 4) is 0 Å². The Morgan fingerprint density at radius 2 is 1.74 bits per heavy atom. The monoisotopic (exact) mass is 267 g/mol. The molecule has 0 radical (unpaired) electrons. The Morgan fingerprint density at radius 1 is 1.05 bits per heavy atom. The molecule has 0 aromatic rings. The molecule has 2 atom stereocenters. The third-order valence-electron chi connectivity index (χ3n) is 4.92. The van der Waals surface area contributed by atoms with Crippen LogP contribution in [0.2, 0.25) is 0 Å². The molecule has 0 bridgehead atoms. The highest BCUT2D eigenvalue weighted by Gasteiger charge is 2.23. The summed E-state index contributed by atoms with van der Waals surface area (Å²) >= 11 is 0. The van der Waals surface area contributed by atoms with Crippen LogP contribution < -0.4 is 5.32 Å². The van der Waals surface area contributed by atoms with Crippen LogP contribution in [0.5, 0.6) is 0 Å². The van der Waals surface area contributed by atoms with E-state index in [1.807, 2.05) is 0 Å². The Morgan fingerprint density at radius 3 is 2.47 bits per heavy atom. The van der Waals surface area contributed by atoms with E-state index in [1.54, 1.807) is 0 Å². The standard InChI is InChI=1S/C16H33N3/c1-3-17-15(2)16-8-6-11-19(14-16)13-7-12-18-9-4-5-10-18/h15-17H,3-14H2,1-2H3. The molecule has 0 amide bonds. The molecule has 0 spiro atoms. The number of nitrogens with one attached hydrogen (secondary N) is 1. The molecule has 2 saturated heterocycles. The largest absolute Gasteiger partial charge is 0.314 e. The Hall–Kier alpha value is -0.120. The van der Waals surface area contributed by atoms with Crippen molar-refractivity contribution in [1.29, 1.82) is 0 Å². The molecule has 19 heavy (non-hydrogen) atoms. The predicted octanol–water partition coefficient (Wildman–Crippen LogP) is 2.18. The van der Waals surface area contributed by atoms with Gasteiger partial charge >= 0.3 is 0 Å². The average Bonchev–Trinajstić information content (AvgIpc) is 2.93. The normalized spacial score (nSPS) is 27.8. The average molecular weight is 267 g/mol. The van der Waals surface area contributed by atoms with E-state index in [9.17, 15) is 0 Å². The maximum Gasteiger partial charge on any atom is 0.00791 e. The van der Waals surface area contributed by atoms with E-state index < -0.39 is 0 Å². The van der Waals surface area contributed by atoms with Gasteiger partial charge in [-0.2, -0.15) is 0 Å². The van der Waals surface area contributed by atoms with E-state index in [0.717, 1.165) is 12.5 Å². The van der Waals surface area contributed by atoms with Gasteiger partial charge in [0.05, 0.1) is 0 Å². The van der Waals surface area contributed by atoms with Crippen LogP contribution in [0.3, 0.4) is 0 Å². The molecule has 2 unspecified atom stereocenters. The Labute approximate surface area is 119 Å².